The molecule has 1 aliphatic heterocycles. The molecule has 0 aromatic carbocycles. The molecule has 1 aliphatic rings. The molecule has 1 fully saturated rings. The first-order chi connectivity index (χ1) is 6.76. The van der Waals surface area contributed by atoms with Crippen molar-refractivity contribution in [3.8, 4) is 0 Å². The first-order valence-electron chi connectivity index (χ1n) is 5.09. The molecule has 1 saturated heterocycles. The van der Waals surface area contributed by atoms with Gasteiger partial charge in [0.2, 0.25) is 0 Å². The highest BCUT2D eigenvalue weighted by Crippen LogP contribution is 2.37. The van der Waals surface area contributed by atoms with Gasteiger partial charge in [0.15, 0.2) is 0 Å². The second kappa shape index (κ2) is 4.01. The fourth-order valence-corrected chi connectivity index (χ4v) is 2.98. The van der Waals surface area contributed by atoms with Gasteiger partial charge in [0, 0.05) is 6.61 Å². The van der Waals surface area contributed by atoms with Crippen molar-refractivity contribution >= 4 is 11.3 Å². The Bertz CT molecular complexity index is 277. The van der Waals surface area contributed by atoms with Crippen LogP contribution in [0, 0.1) is 0 Å². The highest BCUT2D eigenvalue weighted by Gasteiger charge is 2.38. The lowest BCUT2D eigenvalue weighted by Crippen LogP contribution is -2.39. The van der Waals surface area contributed by atoms with Gasteiger partial charge >= 0.3 is 0 Å². The van der Waals surface area contributed by atoms with E-state index in [1.807, 2.05) is 7.05 Å². The van der Waals surface area contributed by atoms with Gasteiger partial charge in [0.05, 0.1) is 11.6 Å². The highest BCUT2D eigenvalue weighted by molar-refractivity contribution is 7.07. The van der Waals surface area contributed by atoms with Gasteiger partial charge in [0.1, 0.15) is 0 Å². The summed E-state index contributed by atoms with van der Waals surface area (Å²) in [5, 5.41) is 7.69. The first kappa shape index (κ1) is 10.1. The van der Waals surface area contributed by atoms with Crippen LogP contribution < -0.4 is 5.32 Å². The van der Waals surface area contributed by atoms with Crippen LogP contribution in [-0.4, -0.2) is 19.3 Å². The summed E-state index contributed by atoms with van der Waals surface area (Å²) in [5.41, 5.74) is 1.33. The van der Waals surface area contributed by atoms with Crippen molar-refractivity contribution < 1.29 is 4.74 Å². The zero-order valence-electron chi connectivity index (χ0n) is 8.75. The standard InChI is InChI=1S/C11H17NOS/c1-11(5-3-6-13-11)10(12-2)9-4-7-14-8-9/h4,7-8,10,12H,3,5-6H2,1-2H3. The molecule has 0 amide bonds. The van der Waals surface area contributed by atoms with Crippen LogP contribution in [-0.2, 0) is 4.74 Å². The molecule has 0 radical (unpaired) electrons. The van der Waals surface area contributed by atoms with Crippen molar-refractivity contribution in [3.05, 3.63) is 22.4 Å². The maximum atomic E-state index is 5.86. The van der Waals surface area contributed by atoms with Gasteiger partial charge < -0.3 is 10.1 Å². The molecule has 14 heavy (non-hydrogen) atoms. The summed E-state index contributed by atoms with van der Waals surface area (Å²) in [6.07, 6.45) is 2.33. The monoisotopic (exact) mass is 211 g/mol. The van der Waals surface area contributed by atoms with Crippen LogP contribution in [0.4, 0.5) is 0 Å². The maximum absolute atomic E-state index is 5.86. The molecule has 2 atom stereocenters. The second-order valence-corrected chi connectivity index (χ2v) is 4.82. The van der Waals surface area contributed by atoms with Crippen molar-refractivity contribution in [2.45, 2.75) is 31.4 Å². The zero-order chi connectivity index (χ0) is 10.0. The third-order valence-electron chi connectivity index (χ3n) is 3.03. The topological polar surface area (TPSA) is 21.3 Å². The van der Waals surface area contributed by atoms with Gasteiger partial charge in [-0.05, 0) is 49.2 Å². The minimum absolute atomic E-state index is 0.0180. The zero-order valence-corrected chi connectivity index (χ0v) is 9.56. The molecule has 1 aromatic heterocycles. The second-order valence-electron chi connectivity index (χ2n) is 4.04. The number of hydrogen-bond acceptors (Lipinski definition) is 3. The van der Waals surface area contributed by atoms with Gasteiger partial charge in [0.25, 0.3) is 0 Å². The summed E-state index contributed by atoms with van der Waals surface area (Å²) >= 11 is 1.75. The van der Waals surface area contributed by atoms with Crippen LogP contribution in [0.2, 0.25) is 0 Å². The lowest BCUT2D eigenvalue weighted by atomic mass is 9.89. The number of thiophene rings is 1. The van der Waals surface area contributed by atoms with E-state index in [0.717, 1.165) is 13.0 Å². The van der Waals surface area contributed by atoms with E-state index in [4.69, 9.17) is 4.74 Å². The molecule has 0 aliphatic carbocycles. The van der Waals surface area contributed by atoms with Crippen molar-refractivity contribution in [1.29, 1.82) is 0 Å². The summed E-state index contributed by atoms with van der Waals surface area (Å²) < 4.78 is 5.86. The quantitative estimate of drug-likeness (QED) is 0.829. The Balaban J connectivity index is 2.20. The summed E-state index contributed by atoms with van der Waals surface area (Å²) in [6, 6.07) is 2.51. The van der Waals surface area contributed by atoms with E-state index in [2.05, 4.69) is 29.1 Å². The molecule has 1 aromatic rings. The van der Waals surface area contributed by atoms with Crippen molar-refractivity contribution in [3.63, 3.8) is 0 Å². The summed E-state index contributed by atoms with van der Waals surface area (Å²) in [4.78, 5) is 0. The molecule has 2 unspecified atom stereocenters. The van der Waals surface area contributed by atoms with E-state index in [9.17, 15) is 0 Å². The van der Waals surface area contributed by atoms with E-state index in [0.29, 0.717) is 6.04 Å². The number of ether oxygens (including phenoxy) is 1. The van der Waals surface area contributed by atoms with Gasteiger partial charge in [-0.3, -0.25) is 0 Å². The molecule has 0 saturated carbocycles. The molecule has 1 N–H and O–H groups in total. The van der Waals surface area contributed by atoms with Crippen molar-refractivity contribution in [2.75, 3.05) is 13.7 Å². The third kappa shape index (κ3) is 1.72. The minimum atomic E-state index is -0.0180. The van der Waals surface area contributed by atoms with Gasteiger partial charge in [-0.25, -0.2) is 0 Å². The minimum Gasteiger partial charge on any atom is -0.373 e. The Morgan fingerprint density at radius 1 is 1.64 bits per heavy atom. The summed E-state index contributed by atoms with van der Waals surface area (Å²) in [5.74, 6) is 0. The van der Waals surface area contributed by atoms with Gasteiger partial charge in [-0.2, -0.15) is 11.3 Å². The van der Waals surface area contributed by atoms with E-state index in [-0.39, 0.29) is 5.60 Å². The number of rotatable bonds is 3. The highest BCUT2D eigenvalue weighted by atomic mass is 32.1. The van der Waals surface area contributed by atoms with Crippen LogP contribution in [0.15, 0.2) is 16.8 Å². The van der Waals surface area contributed by atoms with E-state index in [1.54, 1.807) is 11.3 Å². The van der Waals surface area contributed by atoms with Crippen LogP contribution in [0.1, 0.15) is 31.4 Å². The van der Waals surface area contributed by atoms with Crippen LogP contribution >= 0.6 is 11.3 Å². The Morgan fingerprint density at radius 3 is 3.00 bits per heavy atom. The molecular weight excluding hydrogens is 194 g/mol. The fraction of sp³-hybridized carbons (Fsp3) is 0.636. The lowest BCUT2D eigenvalue weighted by Gasteiger charge is -2.32. The Labute approximate surface area is 89.3 Å². The van der Waals surface area contributed by atoms with E-state index >= 15 is 0 Å². The molecule has 2 nitrogen and oxygen atoms in total. The fourth-order valence-electron chi connectivity index (χ4n) is 2.29. The molecule has 78 valence electrons. The molecule has 2 heterocycles. The molecule has 0 bridgehead atoms. The summed E-state index contributed by atoms with van der Waals surface area (Å²) in [6.45, 7) is 3.11. The van der Waals surface area contributed by atoms with Crippen LogP contribution in [0.3, 0.4) is 0 Å². The van der Waals surface area contributed by atoms with Crippen molar-refractivity contribution in [1.82, 2.24) is 5.32 Å². The molecule has 2 rings (SSSR count). The smallest absolute Gasteiger partial charge is 0.0849 e. The first-order valence-corrected chi connectivity index (χ1v) is 6.04. The van der Waals surface area contributed by atoms with Crippen LogP contribution in [0.5, 0.6) is 0 Å². The molecular formula is C11H17NOS. The van der Waals surface area contributed by atoms with Gasteiger partial charge in [-0.15, -0.1) is 0 Å². The normalized spacial score (nSPS) is 29.3. The largest absolute Gasteiger partial charge is 0.373 e. The third-order valence-corrected chi connectivity index (χ3v) is 3.73. The Morgan fingerprint density at radius 2 is 2.50 bits per heavy atom. The van der Waals surface area contributed by atoms with Crippen LogP contribution in [0.25, 0.3) is 0 Å². The Kier molecular flexibility index (Phi) is 2.91. The van der Waals surface area contributed by atoms with Gasteiger partial charge in [-0.1, -0.05) is 0 Å². The maximum Gasteiger partial charge on any atom is 0.0849 e. The predicted molar refractivity (Wildman–Crippen MR) is 59.7 cm³/mol. The predicted octanol–water partition coefficient (Wildman–Crippen LogP) is 2.58. The Hall–Kier alpha value is -0.380. The molecule has 0 spiro atoms. The SMILES string of the molecule is CNC(c1ccsc1)C1(C)CCCO1. The number of nitrogens with one attached hydrogen (secondary N) is 1. The lowest BCUT2D eigenvalue weighted by molar-refractivity contribution is -0.0103. The number of likely N-dealkylation sites (N-methyl/N-ethyl adjacent to an activating group) is 1. The van der Waals surface area contributed by atoms with Crippen molar-refractivity contribution in [2.24, 2.45) is 0 Å². The average Bonchev–Trinajstić information content (AvgIpc) is 2.78. The number of hydrogen-bond donors (Lipinski definition) is 1. The summed E-state index contributed by atoms with van der Waals surface area (Å²) in [7, 11) is 2.01. The molecule has 3 heteroatoms. The van der Waals surface area contributed by atoms with E-state index in [1.165, 1.54) is 12.0 Å². The average molecular weight is 211 g/mol. The van der Waals surface area contributed by atoms with E-state index < -0.39 is 0 Å².